The molecule has 1 fully saturated rings. The van der Waals surface area contributed by atoms with Crippen LogP contribution >= 0.6 is 15.9 Å². The van der Waals surface area contributed by atoms with Crippen LogP contribution < -0.4 is 10.6 Å². The Labute approximate surface area is 129 Å². The number of benzene rings is 1. The summed E-state index contributed by atoms with van der Waals surface area (Å²) in [5.41, 5.74) is 2.44. The third-order valence-corrected chi connectivity index (χ3v) is 4.28. The third-order valence-electron chi connectivity index (χ3n) is 3.78. The van der Waals surface area contributed by atoms with Gasteiger partial charge in [-0.15, -0.1) is 0 Å². The van der Waals surface area contributed by atoms with Crippen LogP contribution in [0.4, 0.5) is 0 Å². The molecule has 1 aliphatic rings. The Balaban J connectivity index is 1.91. The van der Waals surface area contributed by atoms with Crippen LogP contribution in [0, 0.1) is 6.92 Å². The molecule has 1 saturated carbocycles. The van der Waals surface area contributed by atoms with Crippen LogP contribution in [0.15, 0.2) is 22.7 Å². The minimum Gasteiger partial charge on any atom is -0.354 e. The predicted octanol–water partition coefficient (Wildman–Crippen LogP) is 2.90. The molecule has 0 saturated heterocycles. The molecule has 20 heavy (non-hydrogen) atoms. The van der Waals surface area contributed by atoms with Crippen LogP contribution in [0.5, 0.6) is 0 Å². The molecule has 1 aromatic carbocycles. The second kappa shape index (κ2) is 6.27. The molecule has 0 heterocycles. The van der Waals surface area contributed by atoms with Gasteiger partial charge in [-0.3, -0.25) is 4.79 Å². The van der Waals surface area contributed by atoms with Crippen molar-refractivity contribution in [3.05, 3.63) is 33.8 Å². The lowest BCUT2D eigenvalue weighted by molar-refractivity contribution is -0.120. The monoisotopic (exact) mass is 338 g/mol. The van der Waals surface area contributed by atoms with Crippen LogP contribution in [0.25, 0.3) is 0 Å². The van der Waals surface area contributed by atoms with Gasteiger partial charge in [0.25, 0.3) is 0 Å². The van der Waals surface area contributed by atoms with Gasteiger partial charge < -0.3 is 10.6 Å². The van der Waals surface area contributed by atoms with E-state index in [1.54, 1.807) is 0 Å². The molecule has 110 valence electrons. The normalized spacial score (nSPS) is 15.2. The highest BCUT2D eigenvalue weighted by atomic mass is 79.9. The molecule has 2 N–H and O–H groups in total. The van der Waals surface area contributed by atoms with Crippen molar-refractivity contribution >= 4 is 21.8 Å². The van der Waals surface area contributed by atoms with Gasteiger partial charge in [-0.1, -0.05) is 35.8 Å². The minimum atomic E-state index is -0.0803. The summed E-state index contributed by atoms with van der Waals surface area (Å²) in [6, 6.07) is 6.87. The second-order valence-corrected chi connectivity index (χ2v) is 7.19. The van der Waals surface area contributed by atoms with Crippen LogP contribution in [-0.4, -0.2) is 25.0 Å². The largest absolute Gasteiger partial charge is 0.354 e. The highest BCUT2D eigenvalue weighted by molar-refractivity contribution is 9.10. The molecule has 0 atom stereocenters. The summed E-state index contributed by atoms with van der Waals surface area (Å²) in [5, 5.41) is 6.27. The Morgan fingerprint density at radius 3 is 2.75 bits per heavy atom. The van der Waals surface area contributed by atoms with Gasteiger partial charge in [0.15, 0.2) is 0 Å². The van der Waals surface area contributed by atoms with Crippen molar-refractivity contribution in [3.63, 3.8) is 0 Å². The molecule has 0 aromatic heterocycles. The van der Waals surface area contributed by atoms with E-state index in [4.69, 9.17) is 0 Å². The zero-order valence-electron chi connectivity index (χ0n) is 12.4. The fourth-order valence-electron chi connectivity index (χ4n) is 2.33. The van der Waals surface area contributed by atoms with Crippen LogP contribution in [-0.2, 0) is 10.2 Å². The Morgan fingerprint density at radius 1 is 1.40 bits per heavy atom. The van der Waals surface area contributed by atoms with Crippen LogP contribution in [0.2, 0.25) is 0 Å². The number of hydrogen-bond donors (Lipinski definition) is 2. The molecule has 2 rings (SSSR count). The minimum absolute atomic E-state index is 0.0803. The molecule has 0 aliphatic heterocycles. The molecule has 1 aliphatic carbocycles. The highest BCUT2D eigenvalue weighted by Crippen LogP contribution is 2.28. The van der Waals surface area contributed by atoms with Crippen molar-refractivity contribution in [2.24, 2.45) is 0 Å². The maximum absolute atomic E-state index is 11.8. The first kappa shape index (κ1) is 15.5. The summed E-state index contributed by atoms with van der Waals surface area (Å²) in [4.78, 5) is 11.8. The molecule has 0 spiro atoms. The first-order valence-electron chi connectivity index (χ1n) is 7.15. The molecule has 0 bridgehead atoms. The van der Waals surface area contributed by atoms with Gasteiger partial charge in [0.2, 0.25) is 5.91 Å². The molecule has 0 radical (unpaired) electrons. The summed E-state index contributed by atoms with van der Waals surface area (Å²) >= 11 is 3.52. The maximum Gasteiger partial charge on any atom is 0.233 e. The highest BCUT2D eigenvalue weighted by Gasteiger charge is 2.24. The van der Waals surface area contributed by atoms with E-state index in [1.807, 2.05) is 6.07 Å². The Bertz CT molecular complexity index is 495. The summed E-state index contributed by atoms with van der Waals surface area (Å²) in [6.07, 6.45) is 2.41. The van der Waals surface area contributed by atoms with E-state index in [1.165, 1.54) is 24.0 Å². The number of aryl methyl sites for hydroxylation is 1. The Kier molecular flexibility index (Phi) is 4.86. The Morgan fingerprint density at radius 2 is 2.10 bits per heavy atom. The van der Waals surface area contributed by atoms with Gasteiger partial charge in [0, 0.05) is 22.5 Å². The van der Waals surface area contributed by atoms with E-state index < -0.39 is 0 Å². The maximum atomic E-state index is 11.8. The van der Waals surface area contributed by atoms with Gasteiger partial charge in [0.05, 0.1) is 6.54 Å². The number of carbonyl (C=O) groups is 1. The lowest BCUT2D eigenvalue weighted by Crippen LogP contribution is -2.41. The number of rotatable bonds is 6. The van der Waals surface area contributed by atoms with Gasteiger partial charge >= 0.3 is 0 Å². The van der Waals surface area contributed by atoms with Crippen molar-refractivity contribution in [2.45, 2.75) is 45.1 Å². The van der Waals surface area contributed by atoms with Crippen molar-refractivity contribution in [2.75, 3.05) is 13.1 Å². The summed E-state index contributed by atoms with van der Waals surface area (Å²) in [5.74, 6) is 0.0811. The van der Waals surface area contributed by atoms with Crippen LogP contribution in [0.1, 0.15) is 37.8 Å². The van der Waals surface area contributed by atoms with Gasteiger partial charge in [-0.05, 0) is 43.0 Å². The second-order valence-electron chi connectivity index (χ2n) is 6.28. The lowest BCUT2D eigenvalue weighted by atomic mass is 9.82. The van der Waals surface area contributed by atoms with Crippen molar-refractivity contribution in [1.29, 1.82) is 0 Å². The van der Waals surface area contributed by atoms with E-state index in [-0.39, 0.29) is 11.3 Å². The zero-order valence-corrected chi connectivity index (χ0v) is 14.0. The molecular weight excluding hydrogens is 316 g/mol. The zero-order chi connectivity index (χ0) is 14.8. The van der Waals surface area contributed by atoms with Gasteiger partial charge in [0.1, 0.15) is 0 Å². The van der Waals surface area contributed by atoms with E-state index in [0.29, 0.717) is 19.1 Å². The SMILES string of the molecule is Cc1ccc(Br)cc1C(C)(C)CNC(=O)CNC1CC1. The summed E-state index contributed by atoms with van der Waals surface area (Å²) in [7, 11) is 0. The van der Waals surface area contributed by atoms with Crippen LogP contribution in [0.3, 0.4) is 0 Å². The standard InChI is InChI=1S/C16H23BrN2O/c1-11-4-5-12(17)8-14(11)16(2,3)10-19-15(20)9-18-13-6-7-13/h4-5,8,13,18H,6-7,9-10H2,1-3H3,(H,19,20). The molecule has 4 heteroatoms. The number of amides is 1. The lowest BCUT2D eigenvalue weighted by Gasteiger charge is -2.27. The topological polar surface area (TPSA) is 41.1 Å². The van der Waals surface area contributed by atoms with E-state index in [0.717, 1.165) is 4.47 Å². The average molecular weight is 339 g/mol. The van der Waals surface area contributed by atoms with E-state index in [2.05, 4.69) is 59.5 Å². The summed E-state index contributed by atoms with van der Waals surface area (Å²) in [6.45, 7) is 7.51. The number of halogens is 1. The van der Waals surface area contributed by atoms with Gasteiger partial charge in [-0.2, -0.15) is 0 Å². The van der Waals surface area contributed by atoms with Crippen molar-refractivity contribution in [3.8, 4) is 0 Å². The fourth-order valence-corrected chi connectivity index (χ4v) is 2.69. The number of carbonyl (C=O) groups excluding carboxylic acids is 1. The molecule has 0 unspecified atom stereocenters. The summed E-state index contributed by atoms with van der Waals surface area (Å²) < 4.78 is 1.08. The molecular formula is C16H23BrN2O. The quantitative estimate of drug-likeness (QED) is 0.837. The number of nitrogens with one attached hydrogen (secondary N) is 2. The van der Waals surface area contributed by atoms with E-state index in [9.17, 15) is 4.79 Å². The Hall–Kier alpha value is -0.870. The van der Waals surface area contributed by atoms with Crippen molar-refractivity contribution in [1.82, 2.24) is 10.6 Å². The average Bonchev–Trinajstić information content (AvgIpc) is 3.21. The third kappa shape index (κ3) is 4.32. The smallest absolute Gasteiger partial charge is 0.233 e. The fraction of sp³-hybridized carbons (Fsp3) is 0.562. The molecule has 1 aromatic rings. The van der Waals surface area contributed by atoms with E-state index >= 15 is 0 Å². The predicted molar refractivity (Wildman–Crippen MR) is 85.9 cm³/mol. The number of hydrogen-bond acceptors (Lipinski definition) is 2. The molecule has 3 nitrogen and oxygen atoms in total. The van der Waals surface area contributed by atoms with Gasteiger partial charge in [-0.25, -0.2) is 0 Å². The molecule has 1 amide bonds. The first-order valence-corrected chi connectivity index (χ1v) is 7.94. The first-order chi connectivity index (χ1) is 9.38. The van der Waals surface area contributed by atoms with Crippen molar-refractivity contribution < 1.29 is 4.79 Å².